The summed E-state index contributed by atoms with van der Waals surface area (Å²) in [6.45, 7) is 1.89. The monoisotopic (exact) mass is 295 g/mol. The van der Waals surface area contributed by atoms with Crippen LogP contribution in [0.3, 0.4) is 0 Å². The minimum Gasteiger partial charge on any atom is -0.372 e. The van der Waals surface area contributed by atoms with E-state index in [1.54, 1.807) is 0 Å². The summed E-state index contributed by atoms with van der Waals surface area (Å²) in [7, 11) is 8.46. The number of nitrogens with zero attached hydrogens (tertiary/aromatic N) is 2. The molecule has 20 heavy (non-hydrogen) atoms. The highest BCUT2D eigenvalue weighted by Crippen LogP contribution is 2.38. The molecule has 112 valence electrons. The number of anilines is 1. The highest BCUT2D eigenvalue weighted by molar-refractivity contribution is 6.33. The molecule has 0 unspecified atom stereocenters. The topological polar surface area (TPSA) is 18.5 Å². The summed E-state index contributed by atoms with van der Waals surface area (Å²) in [5, 5.41) is 3.99. The molecule has 0 aromatic heterocycles. The fourth-order valence-corrected chi connectivity index (χ4v) is 3.38. The highest BCUT2D eigenvalue weighted by atomic mass is 35.5. The SMILES string of the molecule is CNCc1ccc(N(C)CC2(N(C)C)CCC2)c(Cl)c1. The summed E-state index contributed by atoms with van der Waals surface area (Å²) in [4.78, 5) is 4.67. The fourth-order valence-electron chi connectivity index (χ4n) is 3.03. The van der Waals surface area contributed by atoms with Gasteiger partial charge in [-0.15, -0.1) is 0 Å². The van der Waals surface area contributed by atoms with Crippen molar-refractivity contribution in [2.24, 2.45) is 0 Å². The first-order valence-corrected chi connectivity index (χ1v) is 7.68. The Hall–Kier alpha value is -0.770. The molecule has 0 bridgehead atoms. The summed E-state index contributed by atoms with van der Waals surface area (Å²) < 4.78 is 0. The van der Waals surface area contributed by atoms with Gasteiger partial charge < -0.3 is 15.1 Å². The summed E-state index contributed by atoms with van der Waals surface area (Å²) in [5.74, 6) is 0. The van der Waals surface area contributed by atoms with Crippen LogP contribution in [0.4, 0.5) is 5.69 Å². The smallest absolute Gasteiger partial charge is 0.0642 e. The van der Waals surface area contributed by atoms with Gasteiger partial charge in [0, 0.05) is 25.7 Å². The molecular weight excluding hydrogens is 270 g/mol. The first-order valence-electron chi connectivity index (χ1n) is 7.30. The molecule has 1 N–H and O–H groups in total. The average molecular weight is 296 g/mol. The van der Waals surface area contributed by atoms with Gasteiger partial charge in [-0.05, 0) is 58.1 Å². The van der Waals surface area contributed by atoms with Crippen molar-refractivity contribution in [3.63, 3.8) is 0 Å². The van der Waals surface area contributed by atoms with Crippen LogP contribution >= 0.6 is 11.6 Å². The number of hydrogen-bond acceptors (Lipinski definition) is 3. The molecule has 1 saturated carbocycles. The second-order valence-electron chi connectivity index (χ2n) is 6.14. The maximum absolute atomic E-state index is 6.45. The van der Waals surface area contributed by atoms with Crippen LogP contribution in [-0.4, -0.2) is 45.2 Å². The second kappa shape index (κ2) is 6.33. The average Bonchev–Trinajstić information content (AvgIpc) is 2.33. The van der Waals surface area contributed by atoms with E-state index in [0.717, 1.165) is 23.8 Å². The van der Waals surface area contributed by atoms with Crippen molar-refractivity contribution < 1.29 is 0 Å². The zero-order chi connectivity index (χ0) is 14.8. The van der Waals surface area contributed by atoms with Gasteiger partial charge in [-0.3, -0.25) is 0 Å². The molecule has 3 nitrogen and oxygen atoms in total. The number of nitrogens with one attached hydrogen (secondary N) is 1. The van der Waals surface area contributed by atoms with E-state index in [-0.39, 0.29) is 0 Å². The zero-order valence-electron chi connectivity index (χ0n) is 13.0. The van der Waals surface area contributed by atoms with Crippen LogP contribution in [0.1, 0.15) is 24.8 Å². The van der Waals surface area contributed by atoms with E-state index in [1.807, 2.05) is 7.05 Å². The first kappa shape index (κ1) is 15.6. The van der Waals surface area contributed by atoms with Crippen molar-refractivity contribution in [3.05, 3.63) is 28.8 Å². The summed E-state index contributed by atoms with van der Waals surface area (Å²) >= 11 is 6.45. The molecule has 0 heterocycles. The normalized spacial score (nSPS) is 17.1. The molecule has 1 fully saturated rings. The molecule has 4 heteroatoms. The van der Waals surface area contributed by atoms with Gasteiger partial charge in [0.1, 0.15) is 0 Å². The molecule has 0 amide bonds. The van der Waals surface area contributed by atoms with Crippen molar-refractivity contribution >= 4 is 17.3 Å². The third kappa shape index (κ3) is 3.11. The second-order valence-corrected chi connectivity index (χ2v) is 6.55. The van der Waals surface area contributed by atoms with Crippen molar-refractivity contribution in [1.29, 1.82) is 0 Å². The predicted octanol–water partition coefficient (Wildman–Crippen LogP) is 2.98. The number of rotatable bonds is 6. The molecule has 1 aromatic rings. The lowest BCUT2D eigenvalue weighted by Gasteiger charge is -2.49. The van der Waals surface area contributed by atoms with Gasteiger partial charge in [-0.2, -0.15) is 0 Å². The lowest BCUT2D eigenvalue weighted by atomic mass is 9.75. The Kier molecular flexibility index (Phi) is 4.95. The van der Waals surface area contributed by atoms with Gasteiger partial charge in [0.15, 0.2) is 0 Å². The number of benzene rings is 1. The Morgan fingerprint density at radius 2 is 1.95 bits per heavy atom. The third-order valence-corrected chi connectivity index (χ3v) is 4.87. The van der Waals surface area contributed by atoms with Crippen molar-refractivity contribution in [1.82, 2.24) is 10.2 Å². The molecule has 0 atom stereocenters. The van der Waals surface area contributed by atoms with E-state index in [1.165, 1.54) is 24.8 Å². The van der Waals surface area contributed by atoms with Crippen molar-refractivity contribution in [2.45, 2.75) is 31.3 Å². The molecular formula is C16H26ClN3. The van der Waals surface area contributed by atoms with Crippen LogP contribution in [-0.2, 0) is 6.54 Å². The number of likely N-dealkylation sites (N-methyl/N-ethyl adjacent to an activating group) is 2. The highest BCUT2D eigenvalue weighted by Gasteiger charge is 2.40. The van der Waals surface area contributed by atoms with Gasteiger partial charge >= 0.3 is 0 Å². The Labute approximate surface area is 127 Å². The Bertz CT molecular complexity index is 455. The molecule has 1 aromatic carbocycles. The largest absolute Gasteiger partial charge is 0.372 e. The molecule has 1 aliphatic rings. The Balaban J connectivity index is 2.11. The van der Waals surface area contributed by atoms with Crippen LogP contribution in [0.25, 0.3) is 0 Å². The number of hydrogen-bond donors (Lipinski definition) is 1. The zero-order valence-corrected chi connectivity index (χ0v) is 13.8. The van der Waals surface area contributed by atoms with Gasteiger partial charge in [-0.1, -0.05) is 17.7 Å². The fraction of sp³-hybridized carbons (Fsp3) is 0.625. The number of halogens is 1. The lowest BCUT2D eigenvalue weighted by Crippen LogP contribution is -2.56. The van der Waals surface area contributed by atoms with E-state index in [4.69, 9.17) is 11.6 Å². The maximum atomic E-state index is 6.45. The predicted molar refractivity (Wildman–Crippen MR) is 87.8 cm³/mol. The minimum absolute atomic E-state index is 0.321. The van der Waals surface area contributed by atoms with E-state index in [2.05, 4.69) is 54.5 Å². The van der Waals surface area contributed by atoms with Gasteiger partial charge in [-0.25, -0.2) is 0 Å². The van der Waals surface area contributed by atoms with Gasteiger partial charge in [0.05, 0.1) is 10.7 Å². The molecule has 0 radical (unpaired) electrons. The van der Waals surface area contributed by atoms with Crippen molar-refractivity contribution in [2.75, 3.05) is 39.6 Å². The summed E-state index contributed by atoms with van der Waals surface area (Å²) in [6.07, 6.45) is 3.89. The van der Waals surface area contributed by atoms with Crippen LogP contribution in [0.5, 0.6) is 0 Å². The standard InChI is InChI=1S/C16H26ClN3/c1-18-11-13-6-7-15(14(17)10-13)20(4)12-16(19(2)3)8-5-9-16/h6-7,10,18H,5,8-9,11-12H2,1-4H3. The van der Waals surface area contributed by atoms with E-state index in [0.29, 0.717) is 5.54 Å². The molecule has 0 spiro atoms. The third-order valence-electron chi connectivity index (χ3n) is 4.57. The maximum Gasteiger partial charge on any atom is 0.0642 e. The first-order chi connectivity index (χ1) is 9.48. The molecule has 0 aliphatic heterocycles. The van der Waals surface area contributed by atoms with E-state index in [9.17, 15) is 0 Å². The Morgan fingerprint density at radius 3 is 2.40 bits per heavy atom. The quantitative estimate of drug-likeness (QED) is 0.870. The van der Waals surface area contributed by atoms with Crippen LogP contribution in [0.2, 0.25) is 5.02 Å². The summed E-state index contributed by atoms with van der Waals surface area (Å²) in [6, 6.07) is 6.35. The lowest BCUT2D eigenvalue weighted by molar-refractivity contribution is 0.0683. The van der Waals surface area contributed by atoms with Gasteiger partial charge in [0.25, 0.3) is 0 Å². The molecule has 2 rings (SSSR count). The minimum atomic E-state index is 0.321. The van der Waals surface area contributed by atoms with Crippen LogP contribution in [0, 0.1) is 0 Å². The van der Waals surface area contributed by atoms with E-state index < -0.39 is 0 Å². The molecule has 1 aliphatic carbocycles. The molecule has 0 saturated heterocycles. The summed E-state index contributed by atoms with van der Waals surface area (Å²) in [5.41, 5.74) is 2.67. The van der Waals surface area contributed by atoms with E-state index >= 15 is 0 Å². The van der Waals surface area contributed by atoms with Crippen LogP contribution in [0.15, 0.2) is 18.2 Å². The van der Waals surface area contributed by atoms with Crippen LogP contribution < -0.4 is 10.2 Å². The van der Waals surface area contributed by atoms with Crippen molar-refractivity contribution in [3.8, 4) is 0 Å². The van der Waals surface area contributed by atoms with Gasteiger partial charge in [0.2, 0.25) is 0 Å². The Morgan fingerprint density at radius 1 is 1.25 bits per heavy atom.